The predicted molar refractivity (Wildman–Crippen MR) is 141 cm³/mol. The molecule has 1 aliphatic rings. The summed E-state index contributed by atoms with van der Waals surface area (Å²) in [5, 5.41) is 16.1. The van der Waals surface area contributed by atoms with Gasteiger partial charge in [-0.05, 0) is 63.8 Å². The Balaban J connectivity index is 1.76. The number of fused-ring (bicyclic) bond motifs is 1. The molecular weight excluding hydrogens is 456 g/mol. The summed E-state index contributed by atoms with van der Waals surface area (Å²) >= 11 is 0. The second-order valence-corrected chi connectivity index (χ2v) is 10.6. The summed E-state index contributed by atoms with van der Waals surface area (Å²) in [6, 6.07) is 10.8. The number of hydrogen-bond acceptors (Lipinski definition) is 5. The lowest BCUT2D eigenvalue weighted by Gasteiger charge is -2.30. The van der Waals surface area contributed by atoms with E-state index >= 15 is 0 Å². The maximum Gasteiger partial charge on any atom is 0.305 e. The van der Waals surface area contributed by atoms with Gasteiger partial charge in [-0.25, -0.2) is 4.98 Å². The molecule has 1 aliphatic carbocycles. The van der Waals surface area contributed by atoms with Gasteiger partial charge in [-0.15, -0.1) is 0 Å². The minimum absolute atomic E-state index is 0.0835. The van der Waals surface area contributed by atoms with Crippen molar-refractivity contribution in [3.05, 3.63) is 48.2 Å². The Morgan fingerprint density at radius 3 is 2.58 bits per heavy atom. The number of methoxy groups -OCH3 is 1. The standard InChI is InChI=1S/C28H36N4O4/c1-28(2,3)31-26-24(19-12-8-13-20(16-19)36-4)30-25-21(14-9-15-32(25)26)27(35)29-22(17-23(33)34)18-10-6-5-7-11-18/h8-9,12-16,18,22,31H,5-7,10-11,17H2,1-4H3,(H,29,35)(H,33,34). The number of aliphatic carboxylic acids is 1. The van der Waals surface area contributed by atoms with Crippen LogP contribution in [0.5, 0.6) is 5.75 Å². The second kappa shape index (κ2) is 10.6. The van der Waals surface area contributed by atoms with E-state index in [0.717, 1.165) is 43.5 Å². The Hall–Kier alpha value is -3.55. The van der Waals surface area contributed by atoms with Crippen LogP contribution in [0.25, 0.3) is 16.9 Å². The van der Waals surface area contributed by atoms with Crippen LogP contribution in [0.4, 0.5) is 5.82 Å². The van der Waals surface area contributed by atoms with E-state index in [9.17, 15) is 14.7 Å². The molecule has 1 unspecified atom stereocenters. The van der Waals surface area contributed by atoms with Crippen molar-refractivity contribution in [2.75, 3.05) is 12.4 Å². The number of anilines is 1. The molecule has 0 aliphatic heterocycles. The quantitative estimate of drug-likeness (QED) is 0.390. The molecule has 0 bridgehead atoms. The fourth-order valence-electron chi connectivity index (χ4n) is 5.00. The molecule has 0 spiro atoms. The average Bonchev–Trinajstić information content (AvgIpc) is 3.21. The van der Waals surface area contributed by atoms with Crippen LogP contribution in [0.15, 0.2) is 42.6 Å². The van der Waals surface area contributed by atoms with Crippen molar-refractivity contribution in [3.63, 3.8) is 0 Å². The molecule has 0 radical (unpaired) electrons. The highest BCUT2D eigenvalue weighted by Gasteiger charge is 2.29. The summed E-state index contributed by atoms with van der Waals surface area (Å²) < 4.78 is 7.31. The van der Waals surface area contributed by atoms with Gasteiger partial charge in [0.2, 0.25) is 0 Å². The van der Waals surface area contributed by atoms with Gasteiger partial charge in [0.05, 0.1) is 19.1 Å². The highest BCUT2D eigenvalue weighted by atomic mass is 16.5. The molecule has 8 nitrogen and oxygen atoms in total. The molecule has 1 fully saturated rings. The number of aromatic nitrogens is 2. The lowest BCUT2D eigenvalue weighted by atomic mass is 9.82. The molecule has 3 aromatic rings. The number of carbonyl (C=O) groups excluding carboxylic acids is 1. The van der Waals surface area contributed by atoms with Crippen molar-refractivity contribution in [2.24, 2.45) is 5.92 Å². The van der Waals surface area contributed by atoms with Gasteiger partial charge in [0.1, 0.15) is 17.3 Å². The van der Waals surface area contributed by atoms with E-state index in [1.807, 2.05) is 40.9 Å². The lowest BCUT2D eigenvalue weighted by Crippen LogP contribution is -2.42. The van der Waals surface area contributed by atoms with Crippen LogP contribution >= 0.6 is 0 Å². The predicted octanol–water partition coefficient (Wildman–Crippen LogP) is 5.37. The van der Waals surface area contributed by atoms with Crippen molar-refractivity contribution in [1.82, 2.24) is 14.7 Å². The maximum atomic E-state index is 13.5. The largest absolute Gasteiger partial charge is 0.497 e. The normalized spacial score (nSPS) is 15.4. The van der Waals surface area contributed by atoms with Crippen molar-refractivity contribution >= 4 is 23.3 Å². The molecule has 8 heteroatoms. The number of benzene rings is 1. The van der Waals surface area contributed by atoms with Crippen LogP contribution < -0.4 is 15.4 Å². The van der Waals surface area contributed by atoms with Crippen molar-refractivity contribution in [1.29, 1.82) is 0 Å². The molecule has 1 aromatic carbocycles. The smallest absolute Gasteiger partial charge is 0.305 e. The number of hydrogen-bond donors (Lipinski definition) is 3. The Morgan fingerprint density at radius 2 is 1.92 bits per heavy atom. The van der Waals surface area contributed by atoms with E-state index in [1.165, 1.54) is 0 Å². The molecule has 192 valence electrons. The maximum absolute atomic E-state index is 13.5. The number of nitrogens with one attached hydrogen (secondary N) is 2. The summed E-state index contributed by atoms with van der Waals surface area (Å²) in [7, 11) is 1.62. The van der Waals surface area contributed by atoms with E-state index in [4.69, 9.17) is 9.72 Å². The molecule has 3 N–H and O–H groups in total. The fraction of sp³-hybridized carbons (Fsp3) is 0.464. The van der Waals surface area contributed by atoms with Crippen LogP contribution in [0.1, 0.15) is 69.7 Å². The highest BCUT2D eigenvalue weighted by Crippen LogP contribution is 2.34. The van der Waals surface area contributed by atoms with Crippen molar-refractivity contribution in [3.8, 4) is 17.0 Å². The molecule has 1 saturated carbocycles. The van der Waals surface area contributed by atoms with Gasteiger partial charge in [0.15, 0.2) is 5.65 Å². The van der Waals surface area contributed by atoms with Gasteiger partial charge in [0.25, 0.3) is 5.91 Å². The van der Waals surface area contributed by atoms with Crippen LogP contribution in [-0.2, 0) is 4.79 Å². The second-order valence-electron chi connectivity index (χ2n) is 10.6. The van der Waals surface area contributed by atoms with Gasteiger partial charge in [0, 0.05) is 23.3 Å². The SMILES string of the molecule is COc1cccc(-c2nc3c(C(=O)NC(CC(=O)O)C4CCCCC4)cccn3c2NC(C)(C)C)c1. The van der Waals surface area contributed by atoms with Gasteiger partial charge in [-0.1, -0.05) is 31.4 Å². The number of pyridine rings is 1. The summed E-state index contributed by atoms with van der Waals surface area (Å²) in [5.74, 6) is 0.454. The summed E-state index contributed by atoms with van der Waals surface area (Å²) in [5.41, 5.74) is 2.24. The third-order valence-electron chi connectivity index (χ3n) is 6.66. The Kier molecular flexibility index (Phi) is 7.52. The Morgan fingerprint density at radius 1 is 1.17 bits per heavy atom. The topological polar surface area (TPSA) is 105 Å². The molecule has 4 rings (SSSR count). The minimum Gasteiger partial charge on any atom is -0.497 e. The molecular formula is C28H36N4O4. The third-order valence-corrected chi connectivity index (χ3v) is 6.66. The first-order valence-corrected chi connectivity index (χ1v) is 12.6. The number of rotatable bonds is 8. The monoisotopic (exact) mass is 492 g/mol. The zero-order chi connectivity index (χ0) is 25.9. The van der Waals surface area contributed by atoms with Gasteiger partial charge in [-0.2, -0.15) is 0 Å². The third kappa shape index (κ3) is 5.80. The molecule has 2 heterocycles. The van der Waals surface area contributed by atoms with Gasteiger partial charge >= 0.3 is 5.97 Å². The molecule has 36 heavy (non-hydrogen) atoms. The van der Waals surface area contributed by atoms with Crippen LogP contribution in [0.3, 0.4) is 0 Å². The first kappa shape index (κ1) is 25.5. The zero-order valence-corrected chi connectivity index (χ0v) is 21.5. The van der Waals surface area contributed by atoms with Crippen molar-refractivity contribution < 1.29 is 19.4 Å². The number of ether oxygens (including phenoxy) is 1. The minimum atomic E-state index is -0.901. The summed E-state index contributed by atoms with van der Waals surface area (Å²) in [6.07, 6.45) is 6.97. The molecule has 2 aromatic heterocycles. The fourth-order valence-corrected chi connectivity index (χ4v) is 5.00. The van der Waals surface area contributed by atoms with E-state index in [-0.39, 0.29) is 23.8 Å². The van der Waals surface area contributed by atoms with E-state index in [1.54, 1.807) is 13.2 Å². The van der Waals surface area contributed by atoms with Crippen LogP contribution in [0.2, 0.25) is 0 Å². The van der Waals surface area contributed by atoms with Crippen LogP contribution in [0, 0.1) is 5.92 Å². The lowest BCUT2D eigenvalue weighted by molar-refractivity contribution is -0.137. The number of carboxylic acid groups (broad SMARTS) is 1. The number of carbonyl (C=O) groups is 2. The van der Waals surface area contributed by atoms with Gasteiger partial charge in [-0.3, -0.25) is 14.0 Å². The molecule has 0 saturated heterocycles. The summed E-state index contributed by atoms with van der Waals surface area (Å²) in [4.78, 5) is 30.0. The summed E-state index contributed by atoms with van der Waals surface area (Å²) in [6.45, 7) is 6.21. The average molecular weight is 493 g/mol. The number of amides is 1. The number of nitrogens with zero attached hydrogens (tertiary/aromatic N) is 2. The van der Waals surface area contributed by atoms with E-state index in [0.29, 0.717) is 22.7 Å². The van der Waals surface area contributed by atoms with Gasteiger partial charge < -0.3 is 20.5 Å². The first-order chi connectivity index (χ1) is 17.2. The molecule has 1 amide bonds. The van der Waals surface area contributed by atoms with Crippen LogP contribution in [-0.4, -0.2) is 45.1 Å². The number of imidazole rings is 1. The first-order valence-electron chi connectivity index (χ1n) is 12.6. The Labute approximate surface area is 212 Å². The van der Waals surface area contributed by atoms with E-state index < -0.39 is 12.0 Å². The highest BCUT2D eigenvalue weighted by molar-refractivity contribution is 6.01. The van der Waals surface area contributed by atoms with E-state index in [2.05, 4.69) is 31.4 Å². The zero-order valence-electron chi connectivity index (χ0n) is 21.5. The molecule has 1 atom stereocenters. The van der Waals surface area contributed by atoms with Crippen molar-refractivity contribution in [2.45, 2.75) is 70.9 Å². The Bertz CT molecular complexity index is 1240. The number of carboxylic acids is 1.